The van der Waals surface area contributed by atoms with Crippen LogP contribution >= 0.6 is 0 Å². The van der Waals surface area contributed by atoms with Gasteiger partial charge in [0.2, 0.25) is 0 Å². The molecule has 0 fully saturated rings. The van der Waals surface area contributed by atoms with E-state index in [1.165, 1.54) is 72.1 Å². The molecule has 0 heterocycles. The second-order valence-corrected chi connectivity index (χ2v) is 7.83. The fourth-order valence-corrected chi connectivity index (χ4v) is 4.21. The zero-order valence-corrected chi connectivity index (χ0v) is 16.4. The van der Waals surface area contributed by atoms with Gasteiger partial charge in [-0.2, -0.15) is 0 Å². The zero-order chi connectivity index (χ0) is 19.5. The number of hydrogen-bond donors (Lipinski definition) is 0. The Hall–Kier alpha value is -2.48. The van der Waals surface area contributed by atoms with Crippen LogP contribution in [-0.4, -0.2) is 0 Å². The normalized spacial score (nSPS) is 12.1. The van der Waals surface area contributed by atoms with Gasteiger partial charge in [-0.1, -0.05) is 75.1 Å². The Morgan fingerprint density at radius 2 is 1.36 bits per heavy atom. The Bertz CT molecular complexity index is 988. The van der Waals surface area contributed by atoms with Crippen LogP contribution in [0.5, 0.6) is 0 Å². The van der Waals surface area contributed by atoms with Crippen LogP contribution in [0.4, 0.5) is 8.78 Å². The second kappa shape index (κ2) is 8.26. The van der Waals surface area contributed by atoms with Gasteiger partial charge in [-0.3, -0.25) is 0 Å². The lowest BCUT2D eigenvalue weighted by Gasteiger charge is -2.07. The van der Waals surface area contributed by atoms with Crippen molar-refractivity contribution in [2.45, 2.75) is 51.9 Å². The van der Waals surface area contributed by atoms with Gasteiger partial charge < -0.3 is 0 Å². The summed E-state index contributed by atoms with van der Waals surface area (Å²) in [6.45, 7) is 2.25. The van der Waals surface area contributed by atoms with Gasteiger partial charge in [0.1, 0.15) is 0 Å². The topological polar surface area (TPSA) is 0 Å². The molecule has 3 aromatic rings. The van der Waals surface area contributed by atoms with E-state index >= 15 is 0 Å². The second-order valence-electron chi connectivity index (χ2n) is 7.83. The first-order valence-electron chi connectivity index (χ1n) is 10.4. The minimum absolute atomic E-state index is 0.713. The van der Waals surface area contributed by atoms with Crippen molar-refractivity contribution in [2.75, 3.05) is 0 Å². The average molecular weight is 376 g/mol. The van der Waals surface area contributed by atoms with Crippen LogP contribution in [0.15, 0.2) is 54.6 Å². The van der Waals surface area contributed by atoms with E-state index in [1.807, 2.05) is 6.07 Å². The predicted octanol–water partition coefficient (Wildman–Crippen LogP) is 7.72. The smallest absolute Gasteiger partial charge is 0.159 e. The summed E-state index contributed by atoms with van der Waals surface area (Å²) in [5, 5.41) is 0. The van der Waals surface area contributed by atoms with Crippen molar-refractivity contribution in [3.8, 4) is 22.3 Å². The number of aryl methyl sites for hydroxylation is 1. The summed E-state index contributed by atoms with van der Waals surface area (Å²) in [4.78, 5) is 0. The Kier molecular flexibility index (Phi) is 5.57. The van der Waals surface area contributed by atoms with Crippen LogP contribution < -0.4 is 0 Å². The van der Waals surface area contributed by atoms with Gasteiger partial charge in [-0.05, 0) is 70.3 Å². The van der Waals surface area contributed by atoms with Crippen molar-refractivity contribution in [3.05, 3.63) is 82.9 Å². The van der Waals surface area contributed by atoms with Crippen molar-refractivity contribution in [1.82, 2.24) is 0 Å². The molecule has 2 heteroatoms. The van der Waals surface area contributed by atoms with Crippen molar-refractivity contribution in [3.63, 3.8) is 0 Å². The van der Waals surface area contributed by atoms with Crippen LogP contribution in [-0.2, 0) is 12.8 Å². The first-order chi connectivity index (χ1) is 13.7. The van der Waals surface area contributed by atoms with E-state index in [1.54, 1.807) is 6.07 Å². The van der Waals surface area contributed by atoms with E-state index in [4.69, 9.17) is 0 Å². The summed E-state index contributed by atoms with van der Waals surface area (Å²) < 4.78 is 26.8. The summed E-state index contributed by atoms with van der Waals surface area (Å²) in [6.07, 6.45) is 8.57. The number of rotatable bonds is 7. The predicted molar refractivity (Wildman–Crippen MR) is 112 cm³/mol. The Morgan fingerprint density at radius 3 is 2.14 bits per heavy atom. The molecule has 0 spiro atoms. The van der Waals surface area contributed by atoms with Crippen LogP contribution in [0.2, 0.25) is 0 Å². The highest BCUT2D eigenvalue weighted by Crippen LogP contribution is 2.39. The van der Waals surface area contributed by atoms with Crippen LogP contribution in [0.3, 0.4) is 0 Å². The van der Waals surface area contributed by atoms with Gasteiger partial charge in [-0.25, -0.2) is 8.78 Å². The maximum Gasteiger partial charge on any atom is 0.159 e. The van der Waals surface area contributed by atoms with Gasteiger partial charge in [0.15, 0.2) is 11.6 Å². The number of unbranched alkanes of at least 4 members (excludes halogenated alkanes) is 4. The molecule has 1 aliphatic carbocycles. The molecule has 0 bridgehead atoms. The van der Waals surface area contributed by atoms with Crippen LogP contribution in [0.25, 0.3) is 22.3 Å². The highest BCUT2D eigenvalue weighted by atomic mass is 19.2. The molecule has 0 atom stereocenters. The Labute approximate surface area is 166 Å². The molecule has 0 aromatic heterocycles. The van der Waals surface area contributed by atoms with Crippen molar-refractivity contribution < 1.29 is 8.78 Å². The molecular weight excluding hydrogens is 350 g/mol. The van der Waals surface area contributed by atoms with Gasteiger partial charge in [-0.15, -0.1) is 0 Å². The third kappa shape index (κ3) is 3.87. The van der Waals surface area contributed by atoms with E-state index in [0.717, 1.165) is 18.4 Å². The molecule has 0 N–H and O–H groups in total. The number of hydrogen-bond acceptors (Lipinski definition) is 0. The molecule has 4 rings (SSSR count). The summed E-state index contributed by atoms with van der Waals surface area (Å²) in [5.74, 6) is -1.61. The van der Waals surface area contributed by atoms with E-state index in [-0.39, 0.29) is 0 Å². The molecule has 0 saturated heterocycles. The van der Waals surface area contributed by atoms with Gasteiger partial charge in [0.05, 0.1) is 0 Å². The first-order valence-corrected chi connectivity index (χ1v) is 10.4. The monoisotopic (exact) mass is 376 g/mol. The maximum atomic E-state index is 13.6. The molecule has 0 aliphatic heterocycles. The average Bonchev–Trinajstić information content (AvgIpc) is 3.06. The van der Waals surface area contributed by atoms with E-state index in [9.17, 15) is 8.78 Å². The van der Waals surface area contributed by atoms with Crippen LogP contribution in [0.1, 0.15) is 55.7 Å². The first kappa shape index (κ1) is 18.9. The van der Waals surface area contributed by atoms with E-state index < -0.39 is 11.6 Å². The summed E-state index contributed by atoms with van der Waals surface area (Å²) in [6, 6.07) is 17.2. The fraction of sp³-hybridized carbons (Fsp3) is 0.308. The number of fused-ring (bicyclic) bond motifs is 3. The Balaban J connectivity index is 1.51. The number of benzene rings is 3. The quantitative estimate of drug-likeness (QED) is 0.290. The van der Waals surface area contributed by atoms with E-state index in [2.05, 4.69) is 37.3 Å². The molecule has 144 valence electrons. The standard InChI is InChI=1S/C26H26F2/c1-2-3-4-5-6-7-18-8-11-23-21(14-18)16-22-15-19(9-12-24(22)23)20-10-13-25(27)26(28)17-20/h8-15,17H,2-7,16H2,1H3. The summed E-state index contributed by atoms with van der Waals surface area (Å²) in [7, 11) is 0. The van der Waals surface area contributed by atoms with Crippen molar-refractivity contribution in [1.29, 1.82) is 0 Å². The Morgan fingerprint density at radius 1 is 0.679 bits per heavy atom. The molecule has 28 heavy (non-hydrogen) atoms. The van der Waals surface area contributed by atoms with Gasteiger partial charge in [0.25, 0.3) is 0 Å². The molecule has 0 unspecified atom stereocenters. The highest BCUT2D eigenvalue weighted by Gasteiger charge is 2.19. The molecule has 0 amide bonds. The lowest BCUT2D eigenvalue weighted by Crippen LogP contribution is -1.89. The number of halogens is 2. The minimum Gasteiger partial charge on any atom is -0.204 e. The largest absolute Gasteiger partial charge is 0.204 e. The lowest BCUT2D eigenvalue weighted by atomic mass is 9.98. The highest BCUT2D eigenvalue weighted by molar-refractivity contribution is 5.80. The van der Waals surface area contributed by atoms with Gasteiger partial charge >= 0.3 is 0 Å². The minimum atomic E-state index is -0.806. The fourth-order valence-electron chi connectivity index (χ4n) is 4.21. The maximum absolute atomic E-state index is 13.6. The molecular formula is C26H26F2. The van der Waals surface area contributed by atoms with Gasteiger partial charge in [0, 0.05) is 0 Å². The van der Waals surface area contributed by atoms with Crippen molar-refractivity contribution in [2.24, 2.45) is 0 Å². The molecule has 3 aromatic carbocycles. The van der Waals surface area contributed by atoms with Crippen molar-refractivity contribution >= 4 is 0 Å². The molecule has 0 nitrogen and oxygen atoms in total. The third-order valence-electron chi connectivity index (χ3n) is 5.77. The molecule has 0 radical (unpaired) electrons. The third-order valence-corrected chi connectivity index (χ3v) is 5.77. The van der Waals surface area contributed by atoms with E-state index in [0.29, 0.717) is 5.56 Å². The molecule has 1 aliphatic rings. The zero-order valence-electron chi connectivity index (χ0n) is 16.4. The summed E-state index contributed by atoms with van der Waals surface area (Å²) >= 11 is 0. The summed E-state index contributed by atoms with van der Waals surface area (Å²) in [5.41, 5.74) is 8.27. The van der Waals surface area contributed by atoms with Crippen LogP contribution in [0, 0.1) is 11.6 Å². The lowest BCUT2D eigenvalue weighted by molar-refractivity contribution is 0.509. The molecule has 0 saturated carbocycles. The SMILES string of the molecule is CCCCCCCc1ccc2c(c1)Cc1cc(-c3ccc(F)c(F)c3)ccc1-2.